The maximum atomic E-state index is 15.1. The maximum Gasteiger partial charge on any atom is 0.321 e. The van der Waals surface area contributed by atoms with Crippen LogP contribution in [0.5, 0.6) is 0 Å². The van der Waals surface area contributed by atoms with Gasteiger partial charge in [-0.1, -0.05) is 146 Å². The second-order valence-electron chi connectivity index (χ2n) is 18.4. The lowest BCUT2D eigenvalue weighted by molar-refractivity contribution is -0.178. The van der Waals surface area contributed by atoms with Crippen LogP contribution in [0.4, 0.5) is 4.39 Å². The van der Waals surface area contributed by atoms with Crippen molar-refractivity contribution in [1.29, 1.82) is 0 Å². The molecule has 0 spiro atoms. The van der Waals surface area contributed by atoms with Crippen molar-refractivity contribution in [1.82, 2.24) is 0 Å². The molecule has 3 saturated carbocycles. The highest BCUT2D eigenvalue weighted by Crippen LogP contribution is 2.47. The molecule has 3 aliphatic carbocycles. The normalized spacial score (nSPS) is 25.9. The van der Waals surface area contributed by atoms with Gasteiger partial charge >= 0.3 is 11.9 Å². The van der Waals surface area contributed by atoms with E-state index in [9.17, 15) is 9.18 Å². The predicted octanol–water partition coefficient (Wildman–Crippen LogP) is 11.3. The van der Waals surface area contributed by atoms with Crippen LogP contribution < -0.4 is 0 Å². The molecule has 0 bridgehead atoms. The SMILES string of the molecule is C[C@@H]1CC[C@@H](C(C)(C)c2ccccc2)[C@H](OC(=O)C(C(=O)O[C@@H]2C[C@H](C)CC[C@H]2C(C)(C)c2ccccc2)[C@H](C(=O)C2CCCCC2)c2ccc(F)cc2)C1. The Kier molecular flexibility index (Phi) is 13.0. The van der Waals surface area contributed by atoms with Crippen molar-refractivity contribution in [3.8, 4) is 0 Å². The zero-order valence-electron chi connectivity index (χ0n) is 34.0. The zero-order chi connectivity index (χ0) is 39.3. The third kappa shape index (κ3) is 9.26. The number of Topliss-reactive ketones (excluding diaryl/α,β-unsaturated/α-hetero) is 1. The number of ether oxygens (including phenoxy) is 2. The number of carbonyl (C=O) groups is 3. The molecule has 6 rings (SSSR count). The van der Waals surface area contributed by atoms with E-state index in [0.29, 0.717) is 43.1 Å². The lowest BCUT2D eigenvalue weighted by atomic mass is 9.64. The van der Waals surface area contributed by atoms with Crippen molar-refractivity contribution in [2.75, 3.05) is 0 Å². The summed E-state index contributed by atoms with van der Waals surface area (Å²) in [7, 11) is 0. The molecule has 3 fully saturated rings. The van der Waals surface area contributed by atoms with Gasteiger partial charge in [0.15, 0.2) is 5.92 Å². The van der Waals surface area contributed by atoms with Crippen LogP contribution in [0.25, 0.3) is 0 Å². The number of ketones is 1. The standard InChI is InChI=1S/C49H63FO5/c1-32-22-28-39(48(3,4)36-18-12-8-13-19-36)41(30-32)54-46(52)44(43(34-24-26-38(50)27-25-34)45(51)35-16-10-7-11-17-35)47(53)55-42-31-33(2)23-29-40(42)49(5,6)37-20-14-9-15-21-37/h8-9,12-15,18-21,24-27,32-33,35,39-44H,7,10-11,16-17,22-23,28-31H2,1-6H3/t32-,33-,39-,40-,41-,42-,43-/m1/s1. The van der Waals surface area contributed by atoms with Crippen LogP contribution in [0.3, 0.4) is 0 Å². The molecule has 6 heteroatoms. The molecule has 7 atom stereocenters. The number of esters is 2. The number of carbonyl (C=O) groups excluding carboxylic acids is 3. The number of benzene rings is 3. The highest BCUT2D eigenvalue weighted by atomic mass is 19.1. The Morgan fingerprint density at radius 2 is 1.04 bits per heavy atom. The zero-order valence-corrected chi connectivity index (χ0v) is 34.0. The number of rotatable bonds is 12. The molecular formula is C49H63FO5. The molecule has 3 aromatic rings. The van der Waals surface area contributed by atoms with Crippen LogP contribution in [0.15, 0.2) is 84.9 Å². The average molecular weight is 751 g/mol. The molecule has 0 amide bonds. The minimum absolute atomic E-state index is 0.000263. The third-order valence-corrected chi connectivity index (χ3v) is 13.9. The first-order chi connectivity index (χ1) is 26.3. The Bertz CT molecular complexity index is 1640. The lowest BCUT2D eigenvalue weighted by Crippen LogP contribution is -2.48. The summed E-state index contributed by atoms with van der Waals surface area (Å²) in [6.45, 7) is 13.2. The second-order valence-corrected chi connectivity index (χ2v) is 18.4. The molecule has 5 nitrogen and oxygen atoms in total. The summed E-state index contributed by atoms with van der Waals surface area (Å²) in [5, 5.41) is 0. The molecule has 3 aliphatic rings. The van der Waals surface area contributed by atoms with Crippen LogP contribution in [0.2, 0.25) is 0 Å². The predicted molar refractivity (Wildman–Crippen MR) is 216 cm³/mol. The van der Waals surface area contributed by atoms with Crippen molar-refractivity contribution in [2.24, 2.45) is 35.5 Å². The molecule has 3 aromatic carbocycles. The first-order valence-electron chi connectivity index (χ1n) is 21.1. The van der Waals surface area contributed by atoms with Gasteiger partial charge in [0.2, 0.25) is 0 Å². The van der Waals surface area contributed by atoms with E-state index in [2.05, 4.69) is 65.8 Å². The fourth-order valence-electron chi connectivity index (χ4n) is 10.4. The molecule has 296 valence electrons. The molecule has 0 aliphatic heterocycles. The van der Waals surface area contributed by atoms with E-state index in [1.165, 1.54) is 23.3 Å². The minimum Gasteiger partial charge on any atom is -0.461 e. The molecule has 0 heterocycles. The Balaban J connectivity index is 1.39. The van der Waals surface area contributed by atoms with Gasteiger partial charge in [0.25, 0.3) is 0 Å². The molecule has 0 saturated heterocycles. The van der Waals surface area contributed by atoms with Crippen molar-refractivity contribution in [3.63, 3.8) is 0 Å². The number of hydrogen-bond acceptors (Lipinski definition) is 5. The highest BCUT2D eigenvalue weighted by molar-refractivity contribution is 6.03. The monoisotopic (exact) mass is 750 g/mol. The molecule has 0 aromatic heterocycles. The van der Waals surface area contributed by atoms with Gasteiger partial charge in [0.1, 0.15) is 23.8 Å². The summed E-state index contributed by atoms with van der Waals surface area (Å²) in [6, 6.07) is 26.4. The summed E-state index contributed by atoms with van der Waals surface area (Å²) in [5.41, 5.74) is 2.16. The van der Waals surface area contributed by atoms with Gasteiger partial charge in [0.05, 0.1) is 5.92 Å². The Morgan fingerprint density at radius 1 is 0.600 bits per heavy atom. The van der Waals surface area contributed by atoms with Crippen LogP contribution in [-0.4, -0.2) is 29.9 Å². The summed E-state index contributed by atoms with van der Waals surface area (Å²) < 4.78 is 27.7. The van der Waals surface area contributed by atoms with Crippen LogP contribution in [-0.2, 0) is 34.7 Å². The van der Waals surface area contributed by atoms with Gasteiger partial charge in [0, 0.05) is 17.8 Å². The van der Waals surface area contributed by atoms with Crippen molar-refractivity contribution < 1.29 is 28.2 Å². The summed E-state index contributed by atoms with van der Waals surface area (Å²) in [4.78, 5) is 45.0. The van der Waals surface area contributed by atoms with E-state index >= 15 is 9.59 Å². The second kappa shape index (κ2) is 17.6. The van der Waals surface area contributed by atoms with Crippen LogP contribution >= 0.6 is 0 Å². The van der Waals surface area contributed by atoms with Gasteiger partial charge < -0.3 is 9.47 Å². The lowest BCUT2D eigenvalue weighted by Gasteiger charge is -2.45. The summed E-state index contributed by atoms with van der Waals surface area (Å²) in [6.07, 6.45) is 8.46. The first kappa shape index (κ1) is 40.9. The molecule has 0 radical (unpaired) electrons. The van der Waals surface area contributed by atoms with Gasteiger partial charge in [-0.05, 0) is 90.0 Å². The van der Waals surface area contributed by atoms with Gasteiger partial charge in [-0.25, -0.2) is 4.39 Å². The smallest absolute Gasteiger partial charge is 0.321 e. The Hall–Kier alpha value is -3.80. The first-order valence-corrected chi connectivity index (χ1v) is 21.1. The Labute approximate surface area is 329 Å². The van der Waals surface area contributed by atoms with E-state index in [0.717, 1.165) is 44.9 Å². The van der Waals surface area contributed by atoms with E-state index in [1.54, 1.807) is 12.1 Å². The fourth-order valence-corrected chi connectivity index (χ4v) is 10.4. The summed E-state index contributed by atoms with van der Waals surface area (Å²) >= 11 is 0. The molecular weight excluding hydrogens is 688 g/mol. The quantitative estimate of drug-likeness (QED) is 0.136. The maximum absolute atomic E-state index is 15.1. The van der Waals surface area contributed by atoms with Crippen molar-refractivity contribution in [3.05, 3.63) is 107 Å². The van der Waals surface area contributed by atoms with Crippen molar-refractivity contribution in [2.45, 2.75) is 141 Å². The van der Waals surface area contributed by atoms with Crippen molar-refractivity contribution >= 4 is 17.7 Å². The number of halogens is 1. The fraction of sp³-hybridized carbons (Fsp3) is 0.571. The average Bonchev–Trinajstić information content (AvgIpc) is 3.18. The molecule has 55 heavy (non-hydrogen) atoms. The molecule has 0 unspecified atom stereocenters. The van der Waals surface area contributed by atoms with Gasteiger partial charge in [-0.3, -0.25) is 14.4 Å². The number of hydrogen-bond donors (Lipinski definition) is 0. The van der Waals surface area contributed by atoms with E-state index in [-0.39, 0.29) is 34.4 Å². The van der Waals surface area contributed by atoms with Gasteiger partial charge in [-0.15, -0.1) is 0 Å². The van der Waals surface area contributed by atoms with Gasteiger partial charge in [-0.2, -0.15) is 0 Å². The largest absolute Gasteiger partial charge is 0.461 e. The van der Waals surface area contributed by atoms with E-state index < -0.39 is 41.8 Å². The van der Waals surface area contributed by atoms with E-state index in [4.69, 9.17) is 9.47 Å². The third-order valence-electron chi connectivity index (χ3n) is 13.9. The van der Waals surface area contributed by atoms with Crippen LogP contribution in [0.1, 0.15) is 135 Å². The minimum atomic E-state index is -1.52. The highest BCUT2D eigenvalue weighted by Gasteiger charge is 2.50. The topological polar surface area (TPSA) is 69.7 Å². The Morgan fingerprint density at radius 3 is 1.47 bits per heavy atom. The summed E-state index contributed by atoms with van der Waals surface area (Å²) in [5.74, 6) is -4.33. The van der Waals surface area contributed by atoms with E-state index in [1.807, 2.05) is 36.4 Å². The van der Waals surface area contributed by atoms with Crippen LogP contribution in [0, 0.1) is 41.3 Å². The molecule has 0 N–H and O–H groups in total.